The van der Waals surface area contributed by atoms with E-state index in [-0.39, 0.29) is 46.3 Å². The number of hydrogen-bond donors (Lipinski definition) is 4. The molecule has 0 saturated heterocycles. The number of alkyl halides is 3. The molecule has 3 aromatic carbocycles. The van der Waals surface area contributed by atoms with Crippen molar-refractivity contribution in [2.45, 2.75) is 24.6 Å². The highest BCUT2D eigenvalue weighted by atomic mass is 31.2. The van der Waals surface area contributed by atoms with Crippen molar-refractivity contribution < 1.29 is 46.3 Å². The van der Waals surface area contributed by atoms with Crippen LogP contribution in [0.4, 0.5) is 13.2 Å². The zero-order valence-corrected chi connectivity index (χ0v) is 20.5. The summed E-state index contributed by atoms with van der Waals surface area (Å²) in [6.45, 7) is -1.15. The highest BCUT2D eigenvalue weighted by molar-refractivity contribution is 7.46. The molecule has 0 spiro atoms. The van der Waals surface area contributed by atoms with E-state index in [1.54, 1.807) is 18.2 Å². The first kappa shape index (κ1) is 27.8. The van der Waals surface area contributed by atoms with Crippen molar-refractivity contribution in [1.29, 1.82) is 0 Å². The normalized spacial score (nSPS) is 14.1. The van der Waals surface area contributed by atoms with Crippen LogP contribution in [0.3, 0.4) is 0 Å². The average Bonchev–Trinajstić information content (AvgIpc) is 2.85. The van der Waals surface area contributed by atoms with Crippen LogP contribution in [-0.4, -0.2) is 33.6 Å². The maximum absolute atomic E-state index is 13.0. The van der Waals surface area contributed by atoms with Gasteiger partial charge in [-0.1, -0.05) is 6.07 Å². The van der Waals surface area contributed by atoms with Crippen LogP contribution in [0.25, 0.3) is 21.9 Å². The van der Waals surface area contributed by atoms with Gasteiger partial charge in [-0.05, 0) is 66.9 Å². The van der Waals surface area contributed by atoms with E-state index < -0.39 is 38.3 Å². The van der Waals surface area contributed by atoms with Crippen molar-refractivity contribution in [3.05, 3.63) is 82.0 Å². The second-order valence-electron chi connectivity index (χ2n) is 8.83. The number of aliphatic hydroxyl groups excluding tert-OH is 1. The highest BCUT2D eigenvalue weighted by Gasteiger charge is 2.30. The third-order valence-electron chi connectivity index (χ3n) is 5.87. The first-order valence-electron chi connectivity index (χ1n) is 11.2. The van der Waals surface area contributed by atoms with Gasteiger partial charge in [-0.15, -0.1) is 0 Å². The molecule has 1 unspecified atom stereocenters. The SMILES string of the molecule is NC(CO)(CCc1ccc2c(=O)c3ccc(Oc4ccc(C(F)(F)F)cc4)cc3oc2c1)COP(=O)(O)O. The number of hydrogen-bond acceptors (Lipinski definition) is 7. The van der Waals surface area contributed by atoms with Crippen molar-refractivity contribution in [3.8, 4) is 11.5 Å². The minimum Gasteiger partial charge on any atom is -0.457 e. The summed E-state index contributed by atoms with van der Waals surface area (Å²) >= 11 is 0. The van der Waals surface area contributed by atoms with Crippen LogP contribution in [-0.2, 0) is 21.7 Å². The van der Waals surface area contributed by atoms with Gasteiger partial charge in [-0.2, -0.15) is 13.2 Å². The van der Waals surface area contributed by atoms with Crippen molar-refractivity contribution in [2.24, 2.45) is 5.73 Å². The molecule has 0 amide bonds. The topological polar surface area (TPSA) is 152 Å². The molecular weight excluding hydrogens is 530 g/mol. The molecule has 0 aliphatic heterocycles. The van der Waals surface area contributed by atoms with Gasteiger partial charge in [0.15, 0.2) is 0 Å². The van der Waals surface area contributed by atoms with Gasteiger partial charge >= 0.3 is 14.0 Å². The van der Waals surface area contributed by atoms with Crippen LogP contribution in [0.2, 0.25) is 0 Å². The molecule has 4 aromatic rings. The minimum absolute atomic E-state index is 0.109. The Hall–Kier alpha value is -3.25. The summed E-state index contributed by atoms with van der Waals surface area (Å²) in [4.78, 5) is 30.8. The lowest BCUT2D eigenvalue weighted by Gasteiger charge is -2.27. The number of phosphoric ester groups is 1. The lowest BCUT2D eigenvalue weighted by atomic mass is 9.93. The Morgan fingerprint density at radius 2 is 1.53 bits per heavy atom. The first-order valence-corrected chi connectivity index (χ1v) is 12.7. The largest absolute Gasteiger partial charge is 0.469 e. The quantitative estimate of drug-likeness (QED) is 0.174. The van der Waals surface area contributed by atoms with E-state index in [4.69, 9.17) is 24.7 Å². The molecule has 1 heterocycles. The Bertz CT molecular complexity index is 1570. The summed E-state index contributed by atoms with van der Waals surface area (Å²) in [5, 5.41) is 10.2. The molecule has 1 aromatic heterocycles. The molecule has 13 heteroatoms. The molecule has 38 heavy (non-hydrogen) atoms. The van der Waals surface area contributed by atoms with Gasteiger partial charge in [0, 0.05) is 6.07 Å². The number of aliphatic hydroxyl groups is 1. The minimum atomic E-state index is -4.76. The van der Waals surface area contributed by atoms with Gasteiger partial charge in [0.2, 0.25) is 5.43 Å². The van der Waals surface area contributed by atoms with E-state index in [1.807, 2.05) is 0 Å². The average molecular weight is 553 g/mol. The standard InChI is InChI=1S/C25H23F3NO8P/c26-25(27,28)16-2-4-17(5-3-16)36-18-6-8-20-22(12-18)37-21-11-15(1-7-19(21)23(20)31)9-10-24(29,13-30)14-35-38(32,33)34/h1-8,11-12,30H,9-10,13-14,29H2,(H2,32,33,34). The van der Waals surface area contributed by atoms with E-state index in [2.05, 4.69) is 4.52 Å². The number of nitrogens with two attached hydrogens (primary N) is 1. The molecule has 0 radical (unpaired) electrons. The summed E-state index contributed by atoms with van der Waals surface area (Å²) in [7, 11) is -4.76. The predicted molar refractivity (Wildman–Crippen MR) is 132 cm³/mol. The van der Waals surface area contributed by atoms with E-state index in [9.17, 15) is 27.6 Å². The number of ether oxygens (including phenoxy) is 1. The van der Waals surface area contributed by atoms with Gasteiger partial charge in [0.25, 0.3) is 0 Å². The van der Waals surface area contributed by atoms with Crippen LogP contribution >= 0.6 is 7.82 Å². The number of phosphoric acid groups is 1. The first-order chi connectivity index (χ1) is 17.8. The van der Waals surface area contributed by atoms with Crippen LogP contribution in [0.5, 0.6) is 11.5 Å². The molecule has 5 N–H and O–H groups in total. The van der Waals surface area contributed by atoms with Gasteiger partial charge < -0.3 is 29.8 Å². The van der Waals surface area contributed by atoms with Crippen molar-refractivity contribution in [3.63, 3.8) is 0 Å². The number of rotatable bonds is 9. The molecule has 0 saturated carbocycles. The van der Waals surface area contributed by atoms with Crippen LogP contribution in [0, 0.1) is 0 Å². The fourth-order valence-electron chi connectivity index (χ4n) is 3.75. The maximum Gasteiger partial charge on any atom is 0.469 e. The van der Waals surface area contributed by atoms with Gasteiger partial charge in [-0.25, -0.2) is 4.57 Å². The second kappa shape index (κ2) is 10.5. The van der Waals surface area contributed by atoms with Gasteiger partial charge in [-0.3, -0.25) is 9.32 Å². The molecule has 1 atom stereocenters. The fraction of sp³-hybridized carbons (Fsp3) is 0.240. The monoisotopic (exact) mass is 553 g/mol. The highest BCUT2D eigenvalue weighted by Crippen LogP contribution is 2.37. The van der Waals surface area contributed by atoms with Crippen LogP contribution in [0.15, 0.2) is 69.9 Å². The van der Waals surface area contributed by atoms with Crippen molar-refractivity contribution >= 4 is 29.8 Å². The molecule has 202 valence electrons. The van der Waals surface area contributed by atoms with Gasteiger partial charge in [0.1, 0.15) is 22.7 Å². The number of benzene rings is 3. The lowest BCUT2D eigenvalue weighted by molar-refractivity contribution is -0.137. The molecular formula is C25H23F3NO8P. The van der Waals surface area contributed by atoms with Crippen molar-refractivity contribution in [1.82, 2.24) is 0 Å². The third kappa shape index (κ3) is 6.60. The Labute approximate surface area is 213 Å². The summed E-state index contributed by atoms with van der Waals surface area (Å²) in [5.41, 5.74) is 4.62. The Balaban J connectivity index is 1.57. The van der Waals surface area contributed by atoms with E-state index in [1.165, 1.54) is 30.3 Å². The van der Waals surface area contributed by atoms with E-state index >= 15 is 0 Å². The zero-order chi connectivity index (χ0) is 27.7. The summed E-state index contributed by atoms with van der Waals surface area (Å²) in [6, 6.07) is 13.5. The van der Waals surface area contributed by atoms with Crippen LogP contribution < -0.4 is 15.9 Å². The smallest absolute Gasteiger partial charge is 0.457 e. The third-order valence-corrected chi connectivity index (χ3v) is 6.34. The molecule has 0 aliphatic rings. The van der Waals surface area contributed by atoms with Crippen LogP contribution in [0.1, 0.15) is 17.5 Å². The summed E-state index contributed by atoms with van der Waals surface area (Å²) < 4.78 is 65.3. The molecule has 0 aliphatic carbocycles. The fourth-order valence-corrected chi connectivity index (χ4v) is 4.17. The molecule has 9 nitrogen and oxygen atoms in total. The number of aryl methyl sites for hydroxylation is 1. The lowest BCUT2D eigenvalue weighted by Crippen LogP contribution is -2.48. The van der Waals surface area contributed by atoms with Gasteiger partial charge in [0.05, 0.1) is 35.1 Å². The summed E-state index contributed by atoms with van der Waals surface area (Å²) in [6.07, 6.45) is -4.08. The Kier molecular flexibility index (Phi) is 7.67. The molecule has 0 fully saturated rings. The van der Waals surface area contributed by atoms with Crippen molar-refractivity contribution in [2.75, 3.05) is 13.2 Å². The predicted octanol–water partition coefficient (Wildman–Crippen LogP) is 4.49. The molecule has 0 bridgehead atoms. The Morgan fingerprint density at radius 3 is 2.13 bits per heavy atom. The Morgan fingerprint density at radius 1 is 0.921 bits per heavy atom. The maximum atomic E-state index is 13.0. The van der Waals surface area contributed by atoms with E-state index in [0.717, 1.165) is 12.1 Å². The summed E-state index contributed by atoms with van der Waals surface area (Å²) in [5.74, 6) is 0.413. The molecule has 4 rings (SSSR count). The number of halogens is 3. The van der Waals surface area contributed by atoms with E-state index in [0.29, 0.717) is 10.9 Å². The number of fused-ring (bicyclic) bond motifs is 2. The second-order valence-corrected chi connectivity index (χ2v) is 10.1. The zero-order valence-electron chi connectivity index (χ0n) is 19.6.